The molecule has 22 heavy (non-hydrogen) atoms. The van der Waals surface area contributed by atoms with Crippen LogP contribution in [0.4, 0.5) is 0 Å². The van der Waals surface area contributed by atoms with Gasteiger partial charge in [-0.3, -0.25) is 9.36 Å². The average molecular weight is 406 g/mol. The first-order valence-electron chi connectivity index (χ1n) is 7.10. The molecule has 2 aromatic heterocycles. The van der Waals surface area contributed by atoms with Gasteiger partial charge in [0.2, 0.25) is 0 Å². The van der Waals surface area contributed by atoms with Gasteiger partial charge in [0.25, 0.3) is 3.57 Å². The van der Waals surface area contributed by atoms with E-state index >= 15 is 0 Å². The predicted octanol–water partition coefficient (Wildman–Crippen LogP) is -0.991. The standard InChI is InChI=1S/C17H15IN2O2/c1-2-11-20-16-13(9-6-10-19-16)15(21)14(17(20)22)18-12-7-4-3-5-8-12/h3-10H,2,11H2,1H3. The Bertz CT molecular complexity index is 860. The van der Waals surface area contributed by atoms with E-state index in [1.165, 1.54) is 0 Å². The van der Waals surface area contributed by atoms with Crippen molar-refractivity contribution in [1.82, 2.24) is 9.55 Å². The predicted molar refractivity (Wildman–Crippen MR) is 79.6 cm³/mol. The van der Waals surface area contributed by atoms with E-state index in [0.717, 1.165) is 9.99 Å². The molecule has 0 bridgehead atoms. The number of hydrogen-bond donors (Lipinski definition) is 0. The fourth-order valence-corrected chi connectivity index (χ4v) is 4.78. The van der Waals surface area contributed by atoms with Crippen LogP contribution in [0.15, 0.2) is 53.5 Å². The van der Waals surface area contributed by atoms with Crippen LogP contribution in [0, 0.1) is 7.14 Å². The molecule has 4 nitrogen and oxygen atoms in total. The van der Waals surface area contributed by atoms with Crippen LogP contribution in [-0.2, 0) is 6.54 Å². The Labute approximate surface area is 138 Å². The zero-order chi connectivity index (χ0) is 15.5. The summed E-state index contributed by atoms with van der Waals surface area (Å²) in [6.45, 7) is 2.59. The number of halogens is 1. The topological polar surface area (TPSA) is 58.0 Å². The second-order valence-electron chi connectivity index (χ2n) is 4.86. The molecule has 5 heteroatoms. The van der Waals surface area contributed by atoms with Crippen LogP contribution >= 0.6 is 0 Å². The van der Waals surface area contributed by atoms with E-state index in [-0.39, 0.29) is 11.3 Å². The first-order valence-corrected chi connectivity index (χ1v) is 9.26. The second-order valence-corrected chi connectivity index (χ2v) is 7.73. The molecule has 3 aromatic rings. The van der Waals surface area contributed by atoms with Crippen molar-refractivity contribution in [2.24, 2.45) is 0 Å². The van der Waals surface area contributed by atoms with E-state index in [9.17, 15) is 9.90 Å². The van der Waals surface area contributed by atoms with Gasteiger partial charge in [-0.05, 0) is 30.4 Å². The van der Waals surface area contributed by atoms with Crippen LogP contribution in [-0.4, -0.2) is 9.55 Å². The van der Waals surface area contributed by atoms with Crippen LogP contribution in [0.1, 0.15) is 13.3 Å². The summed E-state index contributed by atoms with van der Waals surface area (Å²) in [6.07, 6.45) is 2.45. The van der Waals surface area contributed by atoms with Gasteiger partial charge in [-0.25, -0.2) is 4.98 Å². The monoisotopic (exact) mass is 406 g/mol. The number of benzene rings is 1. The van der Waals surface area contributed by atoms with Crippen LogP contribution < -0.4 is 31.9 Å². The van der Waals surface area contributed by atoms with Gasteiger partial charge in [0.05, 0.1) is 0 Å². The molecule has 0 aliphatic heterocycles. The molecule has 0 saturated heterocycles. The molecule has 0 N–H and O–H groups in total. The smallest absolute Gasteiger partial charge is 0.363 e. The summed E-state index contributed by atoms with van der Waals surface area (Å²) < 4.78 is 3.15. The highest BCUT2D eigenvalue weighted by Gasteiger charge is 2.24. The lowest BCUT2D eigenvalue weighted by Crippen LogP contribution is -3.62. The van der Waals surface area contributed by atoms with Crippen molar-refractivity contribution < 1.29 is 26.3 Å². The molecule has 0 spiro atoms. The maximum atomic E-state index is 12.7. The van der Waals surface area contributed by atoms with E-state index in [4.69, 9.17) is 0 Å². The maximum absolute atomic E-state index is 12.7. The second kappa shape index (κ2) is 6.48. The molecule has 0 amide bonds. The number of aryl methyl sites for hydroxylation is 1. The number of nitrogens with zero attached hydrogens (tertiary/aromatic N) is 2. The fraction of sp³-hybridized carbons (Fsp3) is 0.176. The van der Waals surface area contributed by atoms with Crippen LogP contribution in [0.3, 0.4) is 0 Å². The molecule has 0 fully saturated rings. The summed E-state index contributed by atoms with van der Waals surface area (Å²) in [7, 11) is 0. The summed E-state index contributed by atoms with van der Waals surface area (Å²) in [6, 6.07) is 13.3. The third-order valence-electron chi connectivity index (χ3n) is 3.30. The first kappa shape index (κ1) is 15.0. The number of hydrogen-bond acceptors (Lipinski definition) is 3. The largest absolute Gasteiger partial charge is 0.869 e. The molecule has 0 atom stereocenters. The molecular formula is C17H15IN2O2. The quantitative estimate of drug-likeness (QED) is 0.523. The molecular weight excluding hydrogens is 391 g/mol. The van der Waals surface area contributed by atoms with E-state index in [1.807, 2.05) is 37.3 Å². The third-order valence-corrected chi connectivity index (χ3v) is 6.14. The fourth-order valence-electron chi connectivity index (χ4n) is 2.32. The van der Waals surface area contributed by atoms with E-state index in [0.29, 0.717) is 21.1 Å². The Morgan fingerprint density at radius 1 is 1.18 bits per heavy atom. The van der Waals surface area contributed by atoms with Crippen molar-refractivity contribution in [3.63, 3.8) is 0 Å². The molecule has 0 aliphatic carbocycles. The van der Waals surface area contributed by atoms with Gasteiger partial charge in [-0.2, -0.15) is 0 Å². The Morgan fingerprint density at radius 2 is 1.95 bits per heavy atom. The molecule has 2 heterocycles. The van der Waals surface area contributed by atoms with Crippen LogP contribution in [0.25, 0.3) is 11.0 Å². The van der Waals surface area contributed by atoms with Crippen molar-refractivity contribution >= 4 is 11.0 Å². The Balaban J connectivity index is 2.23. The van der Waals surface area contributed by atoms with Gasteiger partial charge in [0.15, 0.2) is 3.57 Å². The van der Waals surface area contributed by atoms with Crippen molar-refractivity contribution in [1.29, 1.82) is 0 Å². The minimum atomic E-state index is -0.791. The van der Waals surface area contributed by atoms with Gasteiger partial charge in [0.1, 0.15) is 5.65 Å². The van der Waals surface area contributed by atoms with Crippen LogP contribution in [0.5, 0.6) is 5.75 Å². The molecule has 0 aliphatic rings. The summed E-state index contributed by atoms with van der Waals surface area (Å²) in [4.78, 5) is 17.0. The molecule has 112 valence electrons. The maximum Gasteiger partial charge on any atom is 0.363 e. The lowest BCUT2D eigenvalue weighted by Gasteiger charge is -2.14. The van der Waals surface area contributed by atoms with Gasteiger partial charge in [-0.1, -0.05) is 31.2 Å². The van der Waals surface area contributed by atoms with Crippen molar-refractivity contribution in [3.8, 4) is 5.75 Å². The average Bonchev–Trinajstić information content (AvgIpc) is 2.56. The normalized spacial score (nSPS) is 11.0. The number of fused-ring (bicyclic) bond motifs is 1. The van der Waals surface area contributed by atoms with E-state index in [2.05, 4.69) is 4.98 Å². The highest BCUT2D eigenvalue weighted by Crippen LogP contribution is 2.17. The Kier molecular flexibility index (Phi) is 4.42. The van der Waals surface area contributed by atoms with Gasteiger partial charge >= 0.3 is 26.8 Å². The number of rotatable bonds is 4. The Hall–Kier alpha value is -1.89. The molecule has 1 aromatic carbocycles. The summed E-state index contributed by atoms with van der Waals surface area (Å²) >= 11 is -0.791. The Morgan fingerprint density at radius 3 is 2.68 bits per heavy atom. The summed E-state index contributed by atoms with van der Waals surface area (Å²) in [5.41, 5.74) is 0.329. The SMILES string of the molecule is CCCn1c(=O)c([I+]c2ccccc2)c([O-])c2cccnc21. The van der Waals surface area contributed by atoms with E-state index < -0.39 is 21.2 Å². The van der Waals surface area contributed by atoms with Gasteiger partial charge in [0, 0.05) is 18.1 Å². The van der Waals surface area contributed by atoms with Crippen LogP contribution in [0.2, 0.25) is 0 Å². The van der Waals surface area contributed by atoms with Gasteiger partial charge < -0.3 is 5.11 Å². The first-order chi connectivity index (χ1) is 10.7. The minimum absolute atomic E-state index is 0.155. The van der Waals surface area contributed by atoms with Crippen molar-refractivity contribution in [2.75, 3.05) is 0 Å². The van der Waals surface area contributed by atoms with E-state index in [1.54, 1.807) is 22.9 Å². The summed E-state index contributed by atoms with van der Waals surface area (Å²) in [5.74, 6) is -0.155. The highest BCUT2D eigenvalue weighted by atomic mass is 127. The zero-order valence-corrected chi connectivity index (χ0v) is 14.3. The lowest BCUT2D eigenvalue weighted by molar-refractivity contribution is -0.605. The lowest BCUT2D eigenvalue weighted by atomic mass is 10.2. The summed E-state index contributed by atoms with van der Waals surface area (Å²) in [5, 5.41) is 13.2. The minimum Gasteiger partial charge on any atom is -0.869 e. The van der Waals surface area contributed by atoms with Crippen molar-refractivity contribution in [2.45, 2.75) is 19.9 Å². The van der Waals surface area contributed by atoms with Crippen molar-refractivity contribution in [3.05, 3.63) is 66.2 Å². The molecule has 0 unspecified atom stereocenters. The van der Waals surface area contributed by atoms with Gasteiger partial charge in [-0.15, -0.1) is 0 Å². The third kappa shape index (κ3) is 2.72. The number of aromatic nitrogens is 2. The highest BCUT2D eigenvalue weighted by molar-refractivity contribution is 5.80. The molecule has 0 saturated carbocycles. The molecule has 0 radical (unpaired) electrons. The molecule has 3 rings (SSSR count). The zero-order valence-electron chi connectivity index (χ0n) is 12.1. The number of pyridine rings is 2.